The van der Waals surface area contributed by atoms with Gasteiger partial charge in [-0.1, -0.05) is 0 Å². The fraction of sp³-hybridized carbons (Fsp3) is 0.450. The summed E-state index contributed by atoms with van der Waals surface area (Å²) in [5, 5.41) is 6.40. The number of carbonyl (C=O) groups is 2. The number of primary amides is 1. The molecule has 2 aromatic rings. The van der Waals surface area contributed by atoms with Crippen molar-refractivity contribution in [3.63, 3.8) is 0 Å². The van der Waals surface area contributed by atoms with E-state index in [4.69, 9.17) is 5.73 Å². The van der Waals surface area contributed by atoms with Crippen LogP contribution in [0.4, 0.5) is 23.3 Å². The van der Waals surface area contributed by atoms with Crippen molar-refractivity contribution in [2.75, 3.05) is 41.7 Å². The van der Waals surface area contributed by atoms with E-state index in [2.05, 4.69) is 30.5 Å². The van der Waals surface area contributed by atoms with Crippen molar-refractivity contribution in [2.24, 2.45) is 5.73 Å². The first-order valence-electron chi connectivity index (χ1n) is 10.2. The summed E-state index contributed by atoms with van der Waals surface area (Å²) >= 11 is 0. The van der Waals surface area contributed by atoms with Crippen LogP contribution in [0.5, 0.6) is 0 Å². The molecular weight excluding hydrogens is 384 g/mol. The van der Waals surface area contributed by atoms with Gasteiger partial charge >= 0.3 is 0 Å². The fourth-order valence-electron chi connectivity index (χ4n) is 3.50. The summed E-state index contributed by atoms with van der Waals surface area (Å²) in [6, 6.07) is 4.15. The Morgan fingerprint density at radius 3 is 2.43 bits per heavy atom. The number of anilines is 4. The Labute approximate surface area is 174 Å². The molecule has 1 saturated heterocycles. The molecule has 4 rings (SSSR count). The van der Waals surface area contributed by atoms with E-state index in [1.54, 1.807) is 13.1 Å². The molecule has 0 bridgehead atoms. The highest BCUT2D eigenvalue weighted by Gasteiger charge is 2.22. The van der Waals surface area contributed by atoms with Crippen LogP contribution in [-0.4, -0.2) is 63.9 Å². The molecule has 0 radical (unpaired) electrons. The molecule has 4 N–H and O–H groups in total. The van der Waals surface area contributed by atoms with Gasteiger partial charge in [-0.3, -0.25) is 9.59 Å². The highest BCUT2D eigenvalue weighted by Crippen LogP contribution is 2.25. The number of piperazine rings is 1. The number of carbonyl (C=O) groups excluding carboxylic acids is 2. The van der Waals surface area contributed by atoms with Crippen LogP contribution in [0.15, 0.2) is 24.5 Å². The number of nitrogens with two attached hydrogens (primary N) is 1. The minimum absolute atomic E-state index is 0.107. The minimum Gasteiger partial charge on any atom is -0.367 e. The Bertz CT molecular complexity index is 921. The second-order valence-electron chi connectivity index (χ2n) is 7.62. The van der Waals surface area contributed by atoms with Gasteiger partial charge < -0.3 is 26.2 Å². The normalized spacial score (nSPS) is 16.7. The van der Waals surface area contributed by atoms with E-state index in [1.165, 1.54) is 12.6 Å². The SMILES string of the molecule is CC(=O)N1CCN(c2ccc(Nc3ncc(C(N)=O)c(NC4CCC4)n3)cn2)CC1. The fourth-order valence-corrected chi connectivity index (χ4v) is 3.50. The number of pyridine rings is 1. The zero-order valence-electron chi connectivity index (χ0n) is 17.0. The van der Waals surface area contributed by atoms with Crippen LogP contribution in [0.2, 0.25) is 0 Å². The molecule has 0 spiro atoms. The van der Waals surface area contributed by atoms with E-state index in [-0.39, 0.29) is 11.5 Å². The first-order valence-corrected chi connectivity index (χ1v) is 10.2. The van der Waals surface area contributed by atoms with Crippen LogP contribution in [0.25, 0.3) is 0 Å². The quantitative estimate of drug-likeness (QED) is 0.651. The van der Waals surface area contributed by atoms with Gasteiger partial charge in [0, 0.05) is 45.3 Å². The van der Waals surface area contributed by atoms with Gasteiger partial charge in [0.25, 0.3) is 5.91 Å². The molecule has 1 aliphatic carbocycles. The molecule has 1 saturated carbocycles. The second kappa shape index (κ2) is 8.52. The molecule has 1 aliphatic heterocycles. The maximum absolute atomic E-state index is 11.7. The predicted octanol–water partition coefficient (Wildman–Crippen LogP) is 1.35. The van der Waals surface area contributed by atoms with Crippen molar-refractivity contribution in [3.05, 3.63) is 30.1 Å². The van der Waals surface area contributed by atoms with Gasteiger partial charge in [0.15, 0.2) is 0 Å². The molecule has 0 atom stereocenters. The average molecular weight is 410 g/mol. The number of amides is 2. The number of hydrogen-bond donors (Lipinski definition) is 3. The number of nitrogens with zero attached hydrogens (tertiary/aromatic N) is 5. The van der Waals surface area contributed by atoms with E-state index >= 15 is 0 Å². The maximum Gasteiger partial charge on any atom is 0.254 e. The van der Waals surface area contributed by atoms with Gasteiger partial charge in [-0.2, -0.15) is 4.98 Å². The van der Waals surface area contributed by atoms with Crippen LogP contribution in [0.1, 0.15) is 36.5 Å². The number of aromatic nitrogens is 3. The Morgan fingerprint density at radius 1 is 1.10 bits per heavy atom. The molecular formula is C20H26N8O2. The van der Waals surface area contributed by atoms with E-state index in [1.807, 2.05) is 17.0 Å². The Balaban J connectivity index is 1.42. The summed E-state index contributed by atoms with van der Waals surface area (Å²) in [6.45, 7) is 4.52. The van der Waals surface area contributed by atoms with Crippen molar-refractivity contribution in [2.45, 2.75) is 32.2 Å². The van der Waals surface area contributed by atoms with Crippen LogP contribution < -0.4 is 21.3 Å². The van der Waals surface area contributed by atoms with E-state index in [9.17, 15) is 9.59 Å². The summed E-state index contributed by atoms with van der Waals surface area (Å²) in [6.07, 6.45) is 6.43. The van der Waals surface area contributed by atoms with Crippen LogP contribution in [-0.2, 0) is 4.79 Å². The van der Waals surface area contributed by atoms with Crippen LogP contribution in [0, 0.1) is 0 Å². The first-order chi connectivity index (χ1) is 14.5. The molecule has 158 valence electrons. The van der Waals surface area contributed by atoms with E-state index < -0.39 is 5.91 Å². The van der Waals surface area contributed by atoms with E-state index in [0.717, 1.165) is 37.4 Å². The molecule has 0 aromatic carbocycles. The molecule has 10 nitrogen and oxygen atoms in total. The number of rotatable bonds is 6. The van der Waals surface area contributed by atoms with Crippen molar-refractivity contribution < 1.29 is 9.59 Å². The summed E-state index contributed by atoms with van der Waals surface area (Å²) in [5.41, 5.74) is 6.47. The summed E-state index contributed by atoms with van der Waals surface area (Å²) in [7, 11) is 0. The third-order valence-corrected chi connectivity index (χ3v) is 5.55. The molecule has 2 aromatic heterocycles. The zero-order valence-corrected chi connectivity index (χ0v) is 17.0. The lowest BCUT2D eigenvalue weighted by Gasteiger charge is -2.34. The van der Waals surface area contributed by atoms with Gasteiger partial charge in [0.05, 0.1) is 17.4 Å². The highest BCUT2D eigenvalue weighted by molar-refractivity contribution is 5.97. The smallest absolute Gasteiger partial charge is 0.254 e. The lowest BCUT2D eigenvalue weighted by Crippen LogP contribution is -2.48. The lowest BCUT2D eigenvalue weighted by atomic mass is 9.93. The topological polar surface area (TPSA) is 129 Å². The second-order valence-corrected chi connectivity index (χ2v) is 7.62. The monoisotopic (exact) mass is 410 g/mol. The van der Waals surface area contributed by atoms with Crippen LogP contribution >= 0.6 is 0 Å². The van der Waals surface area contributed by atoms with Crippen molar-refractivity contribution in [3.8, 4) is 0 Å². The van der Waals surface area contributed by atoms with Crippen molar-refractivity contribution in [1.29, 1.82) is 0 Å². The summed E-state index contributed by atoms with van der Waals surface area (Å²) in [4.78, 5) is 40.3. The minimum atomic E-state index is -0.556. The van der Waals surface area contributed by atoms with Gasteiger partial charge in [-0.15, -0.1) is 0 Å². The van der Waals surface area contributed by atoms with E-state index in [0.29, 0.717) is 30.9 Å². The third-order valence-electron chi connectivity index (χ3n) is 5.55. The number of nitrogens with one attached hydrogen (secondary N) is 2. The largest absolute Gasteiger partial charge is 0.367 e. The van der Waals surface area contributed by atoms with Gasteiger partial charge in [-0.25, -0.2) is 9.97 Å². The van der Waals surface area contributed by atoms with Crippen molar-refractivity contribution >= 4 is 35.1 Å². The molecule has 0 unspecified atom stereocenters. The van der Waals surface area contributed by atoms with Crippen molar-refractivity contribution in [1.82, 2.24) is 19.9 Å². The first kappa shape index (κ1) is 19.9. The van der Waals surface area contributed by atoms with Crippen LogP contribution in [0.3, 0.4) is 0 Å². The standard InChI is InChI=1S/C20H26N8O2/c1-13(29)27-7-9-28(10-8-27)17-6-5-15(11-22-17)25-20-23-12-16(18(21)30)19(26-20)24-14-3-2-4-14/h5-6,11-12,14H,2-4,7-10H2,1H3,(H2,21,30)(H2,23,24,25,26). The molecule has 3 heterocycles. The molecule has 2 fully saturated rings. The average Bonchev–Trinajstić information content (AvgIpc) is 2.71. The Kier molecular flexibility index (Phi) is 5.64. The van der Waals surface area contributed by atoms with Gasteiger partial charge in [0.1, 0.15) is 11.6 Å². The molecule has 10 heteroatoms. The summed E-state index contributed by atoms with van der Waals surface area (Å²) in [5.74, 6) is 1.24. The molecule has 30 heavy (non-hydrogen) atoms. The lowest BCUT2D eigenvalue weighted by molar-refractivity contribution is -0.129. The van der Waals surface area contributed by atoms with Gasteiger partial charge in [0.2, 0.25) is 11.9 Å². The third kappa shape index (κ3) is 4.42. The zero-order chi connectivity index (χ0) is 21.1. The Hall–Kier alpha value is -3.43. The number of hydrogen-bond acceptors (Lipinski definition) is 8. The summed E-state index contributed by atoms with van der Waals surface area (Å²) < 4.78 is 0. The molecule has 2 amide bonds. The molecule has 2 aliphatic rings. The highest BCUT2D eigenvalue weighted by atomic mass is 16.2. The maximum atomic E-state index is 11.7. The predicted molar refractivity (Wildman–Crippen MR) is 114 cm³/mol. The van der Waals surface area contributed by atoms with Gasteiger partial charge in [-0.05, 0) is 31.4 Å². The Morgan fingerprint density at radius 2 is 1.87 bits per heavy atom.